The van der Waals surface area contributed by atoms with Gasteiger partial charge in [0.1, 0.15) is 6.29 Å². The summed E-state index contributed by atoms with van der Waals surface area (Å²) < 4.78 is 0. The van der Waals surface area contributed by atoms with E-state index < -0.39 is 0 Å². The number of aldehydes is 1. The summed E-state index contributed by atoms with van der Waals surface area (Å²) >= 11 is 1.82. The first-order valence-electron chi connectivity index (χ1n) is 4.48. The number of carbonyl (C=O) groups excluding carboxylic acids is 1. The molecule has 0 amide bonds. The molecule has 0 aliphatic carbocycles. The topological polar surface area (TPSA) is 17.1 Å². The molecule has 1 nitrogen and oxygen atoms in total. The summed E-state index contributed by atoms with van der Waals surface area (Å²) in [6.07, 6.45) is 1.61. The summed E-state index contributed by atoms with van der Waals surface area (Å²) in [6.45, 7) is 2.12. The minimum absolute atomic E-state index is 0.337. The van der Waals surface area contributed by atoms with Gasteiger partial charge in [0, 0.05) is 11.7 Å². The zero-order chi connectivity index (χ0) is 9.52. The van der Waals surface area contributed by atoms with Crippen LogP contribution in [0, 0.1) is 0 Å². The Kier molecular flexibility index (Phi) is 4.61. The molecule has 0 aromatic heterocycles. The average Bonchev–Trinajstić information content (AvgIpc) is 2.19. The third-order valence-corrected chi connectivity index (χ3v) is 3.05. The van der Waals surface area contributed by atoms with Crippen molar-refractivity contribution in [3.05, 3.63) is 35.9 Å². The van der Waals surface area contributed by atoms with Crippen LogP contribution in [-0.2, 0) is 4.79 Å². The molecule has 70 valence electrons. The van der Waals surface area contributed by atoms with Crippen LogP contribution in [0.25, 0.3) is 0 Å². The summed E-state index contributed by atoms with van der Waals surface area (Å²) in [4.78, 5) is 10.5. The van der Waals surface area contributed by atoms with Gasteiger partial charge in [0.15, 0.2) is 0 Å². The molecule has 1 atom stereocenters. The van der Waals surface area contributed by atoms with Crippen molar-refractivity contribution in [3.63, 3.8) is 0 Å². The fourth-order valence-corrected chi connectivity index (χ4v) is 2.22. The molecule has 1 aromatic rings. The summed E-state index contributed by atoms with van der Waals surface area (Å²) in [7, 11) is 0. The number of hydrogen-bond donors (Lipinski definition) is 0. The highest BCUT2D eigenvalue weighted by atomic mass is 32.2. The Labute approximate surface area is 83.5 Å². The van der Waals surface area contributed by atoms with Gasteiger partial charge in [-0.3, -0.25) is 0 Å². The molecule has 0 unspecified atom stereocenters. The van der Waals surface area contributed by atoms with Gasteiger partial charge in [0.25, 0.3) is 0 Å². The number of carbonyl (C=O) groups is 1. The first kappa shape index (κ1) is 10.3. The maximum absolute atomic E-state index is 10.5. The molecule has 1 aromatic carbocycles. The standard InChI is InChI=1S/C11H14OS/c1-2-13-11(8-9-12)10-6-4-3-5-7-10/h3-7,9,11H,2,8H2,1H3/t11-/m1/s1. The number of rotatable bonds is 5. The molecule has 0 heterocycles. The zero-order valence-electron chi connectivity index (χ0n) is 7.77. The second kappa shape index (κ2) is 5.81. The maximum atomic E-state index is 10.5. The number of thioether (sulfide) groups is 1. The first-order chi connectivity index (χ1) is 6.38. The van der Waals surface area contributed by atoms with Crippen molar-refractivity contribution in [2.24, 2.45) is 0 Å². The Morgan fingerprint density at radius 1 is 1.38 bits per heavy atom. The van der Waals surface area contributed by atoms with Gasteiger partial charge in [-0.25, -0.2) is 0 Å². The molecule has 0 spiro atoms. The molecule has 0 saturated heterocycles. The lowest BCUT2D eigenvalue weighted by atomic mass is 10.1. The predicted octanol–water partition coefficient (Wildman–Crippen LogP) is 3.07. The molecule has 0 radical (unpaired) electrons. The lowest BCUT2D eigenvalue weighted by Crippen LogP contribution is -1.95. The highest BCUT2D eigenvalue weighted by Crippen LogP contribution is 2.30. The SMILES string of the molecule is CCS[C@H](CC=O)c1ccccc1. The predicted molar refractivity (Wildman–Crippen MR) is 58.0 cm³/mol. The summed E-state index contributed by atoms with van der Waals surface area (Å²) in [5.74, 6) is 1.05. The van der Waals surface area contributed by atoms with Crippen molar-refractivity contribution in [2.75, 3.05) is 5.75 Å². The van der Waals surface area contributed by atoms with Crippen LogP contribution in [0.3, 0.4) is 0 Å². The van der Waals surface area contributed by atoms with Crippen molar-refractivity contribution in [3.8, 4) is 0 Å². The van der Waals surface area contributed by atoms with Gasteiger partial charge in [-0.15, -0.1) is 0 Å². The Hall–Kier alpha value is -0.760. The molecule has 0 fully saturated rings. The van der Waals surface area contributed by atoms with Crippen molar-refractivity contribution in [1.82, 2.24) is 0 Å². The minimum atomic E-state index is 0.337. The minimum Gasteiger partial charge on any atom is -0.303 e. The molecule has 13 heavy (non-hydrogen) atoms. The van der Waals surface area contributed by atoms with Crippen LogP contribution in [0.2, 0.25) is 0 Å². The van der Waals surface area contributed by atoms with Crippen LogP contribution in [0.15, 0.2) is 30.3 Å². The van der Waals surface area contributed by atoms with Gasteiger partial charge in [0.05, 0.1) is 0 Å². The molecule has 0 bridgehead atoms. The lowest BCUT2D eigenvalue weighted by Gasteiger charge is -2.12. The van der Waals surface area contributed by atoms with E-state index in [1.807, 2.05) is 30.0 Å². The molecule has 0 N–H and O–H groups in total. The third kappa shape index (κ3) is 3.23. The van der Waals surface area contributed by atoms with Crippen LogP contribution in [-0.4, -0.2) is 12.0 Å². The molecule has 0 aliphatic heterocycles. The van der Waals surface area contributed by atoms with Gasteiger partial charge >= 0.3 is 0 Å². The quantitative estimate of drug-likeness (QED) is 0.670. The second-order valence-electron chi connectivity index (χ2n) is 2.76. The van der Waals surface area contributed by atoms with E-state index in [0.717, 1.165) is 12.0 Å². The van der Waals surface area contributed by atoms with Gasteiger partial charge in [-0.05, 0) is 11.3 Å². The monoisotopic (exact) mass is 194 g/mol. The van der Waals surface area contributed by atoms with Gasteiger partial charge in [-0.2, -0.15) is 11.8 Å². The second-order valence-corrected chi connectivity index (χ2v) is 4.24. The largest absolute Gasteiger partial charge is 0.303 e. The van der Waals surface area contributed by atoms with Crippen molar-refractivity contribution < 1.29 is 4.79 Å². The van der Waals surface area contributed by atoms with Crippen molar-refractivity contribution >= 4 is 18.0 Å². The van der Waals surface area contributed by atoms with Crippen LogP contribution in [0.1, 0.15) is 24.2 Å². The summed E-state index contributed by atoms with van der Waals surface area (Å²) in [5, 5.41) is 0.337. The molecule has 1 rings (SSSR count). The van der Waals surface area contributed by atoms with E-state index in [2.05, 4.69) is 19.1 Å². The summed E-state index contributed by atoms with van der Waals surface area (Å²) in [6, 6.07) is 10.2. The average molecular weight is 194 g/mol. The van der Waals surface area contributed by atoms with E-state index in [1.165, 1.54) is 5.56 Å². The Balaban J connectivity index is 2.69. The molecule has 2 heteroatoms. The van der Waals surface area contributed by atoms with Gasteiger partial charge < -0.3 is 4.79 Å². The van der Waals surface area contributed by atoms with E-state index in [9.17, 15) is 4.79 Å². The fraction of sp³-hybridized carbons (Fsp3) is 0.364. The van der Waals surface area contributed by atoms with Crippen LogP contribution >= 0.6 is 11.8 Å². The van der Waals surface area contributed by atoms with Crippen LogP contribution < -0.4 is 0 Å². The summed E-state index contributed by atoms with van der Waals surface area (Å²) in [5.41, 5.74) is 1.25. The van der Waals surface area contributed by atoms with Gasteiger partial charge in [0.2, 0.25) is 0 Å². The Bertz CT molecular complexity index is 246. The number of hydrogen-bond acceptors (Lipinski definition) is 2. The third-order valence-electron chi connectivity index (χ3n) is 1.85. The van der Waals surface area contributed by atoms with E-state index in [4.69, 9.17) is 0 Å². The molecule has 0 saturated carbocycles. The van der Waals surface area contributed by atoms with Crippen LogP contribution in [0.4, 0.5) is 0 Å². The van der Waals surface area contributed by atoms with E-state index in [0.29, 0.717) is 11.7 Å². The smallest absolute Gasteiger partial charge is 0.121 e. The zero-order valence-corrected chi connectivity index (χ0v) is 8.59. The van der Waals surface area contributed by atoms with Gasteiger partial charge in [-0.1, -0.05) is 37.3 Å². The normalized spacial score (nSPS) is 12.4. The number of benzene rings is 1. The molecular weight excluding hydrogens is 180 g/mol. The van der Waals surface area contributed by atoms with Crippen LogP contribution in [0.5, 0.6) is 0 Å². The fourth-order valence-electron chi connectivity index (χ4n) is 1.26. The molecule has 0 aliphatic rings. The maximum Gasteiger partial charge on any atom is 0.121 e. The van der Waals surface area contributed by atoms with Crippen molar-refractivity contribution in [2.45, 2.75) is 18.6 Å². The van der Waals surface area contributed by atoms with Crippen molar-refractivity contribution in [1.29, 1.82) is 0 Å². The first-order valence-corrected chi connectivity index (χ1v) is 5.53. The van der Waals surface area contributed by atoms with E-state index >= 15 is 0 Å². The lowest BCUT2D eigenvalue weighted by molar-refractivity contribution is -0.107. The van der Waals surface area contributed by atoms with E-state index in [1.54, 1.807) is 0 Å². The Morgan fingerprint density at radius 2 is 2.08 bits per heavy atom. The van der Waals surface area contributed by atoms with E-state index in [-0.39, 0.29) is 0 Å². The highest BCUT2D eigenvalue weighted by Gasteiger charge is 2.09. The highest BCUT2D eigenvalue weighted by molar-refractivity contribution is 7.99. The molecular formula is C11H14OS. The Morgan fingerprint density at radius 3 is 2.62 bits per heavy atom.